The van der Waals surface area contributed by atoms with Gasteiger partial charge in [-0.1, -0.05) is 67.1 Å². The Morgan fingerprint density at radius 1 is 1.00 bits per heavy atom. The molecule has 0 bridgehead atoms. The van der Waals surface area contributed by atoms with E-state index in [2.05, 4.69) is 46.8 Å². The molecule has 4 nitrogen and oxygen atoms in total. The summed E-state index contributed by atoms with van der Waals surface area (Å²) in [4.78, 5) is 16.2. The summed E-state index contributed by atoms with van der Waals surface area (Å²) >= 11 is 6.07. The average Bonchev–Trinajstić information content (AvgIpc) is 3.09. The lowest BCUT2D eigenvalue weighted by Gasteiger charge is -2.12. The molecule has 29 heavy (non-hydrogen) atoms. The summed E-state index contributed by atoms with van der Waals surface area (Å²) in [5.74, 6) is 0. The number of hydrogen-bond donors (Lipinski definition) is 3. The maximum atomic E-state index is 12.8. The first-order chi connectivity index (χ1) is 14.0. The molecule has 0 aliphatic heterocycles. The van der Waals surface area contributed by atoms with Gasteiger partial charge in [0.1, 0.15) is 0 Å². The molecule has 4 rings (SSSR count). The quantitative estimate of drug-likeness (QED) is 0.337. The molecule has 1 heterocycles. The van der Waals surface area contributed by atoms with Gasteiger partial charge in [0.15, 0.2) is 0 Å². The molecular formula is C24H22ClN3O. The average molecular weight is 404 g/mol. The number of anilines is 2. The smallest absolute Gasteiger partial charge is 0.323 e. The van der Waals surface area contributed by atoms with Crippen LogP contribution in [0.2, 0.25) is 5.02 Å². The zero-order valence-electron chi connectivity index (χ0n) is 16.3. The number of hydrogen-bond acceptors (Lipinski definition) is 1. The van der Waals surface area contributed by atoms with E-state index in [0.717, 1.165) is 39.8 Å². The molecule has 0 unspecified atom stereocenters. The highest BCUT2D eigenvalue weighted by atomic mass is 35.5. The molecule has 5 heteroatoms. The van der Waals surface area contributed by atoms with E-state index in [-0.39, 0.29) is 6.03 Å². The van der Waals surface area contributed by atoms with Crippen molar-refractivity contribution in [3.8, 4) is 11.3 Å². The summed E-state index contributed by atoms with van der Waals surface area (Å²) in [6.07, 6.45) is 0.986. The molecule has 0 saturated heterocycles. The van der Waals surface area contributed by atoms with Gasteiger partial charge in [-0.05, 0) is 42.7 Å². The van der Waals surface area contributed by atoms with E-state index in [0.29, 0.717) is 10.7 Å². The molecule has 0 aliphatic carbocycles. The molecule has 1 aromatic heterocycles. The van der Waals surface area contributed by atoms with E-state index >= 15 is 0 Å². The lowest BCUT2D eigenvalue weighted by atomic mass is 10.1. The van der Waals surface area contributed by atoms with Gasteiger partial charge in [0.25, 0.3) is 0 Å². The summed E-state index contributed by atoms with van der Waals surface area (Å²) < 4.78 is 0. The second kappa shape index (κ2) is 8.02. The number of para-hydroxylation sites is 1. The van der Waals surface area contributed by atoms with Crippen molar-refractivity contribution in [3.05, 3.63) is 82.9 Å². The zero-order valence-corrected chi connectivity index (χ0v) is 17.1. The zero-order chi connectivity index (χ0) is 20.4. The number of fused-ring (bicyclic) bond motifs is 1. The van der Waals surface area contributed by atoms with Crippen LogP contribution in [0.25, 0.3) is 22.2 Å². The number of carbonyl (C=O) groups is 1. The molecule has 4 aromatic rings. The monoisotopic (exact) mass is 403 g/mol. The Hall–Kier alpha value is -3.24. The topological polar surface area (TPSA) is 56.9 Å². The number of rotatable bonds is 4. The predicted octanol–water partition coefficient (Wildman–Crippen LogP) is 7.00. The molecule has 0 fully saturated rings. The number of aryl methyl sites for hydroxylation is 2. The van der Waals surface area contributed by atoms with Crippen LogP contribution in [0.3, 0.4) is 0 Å². The van der Waals surface area contributed by atoms with Crippen LogP contribution >= 0.6 is 11.6 Å². The number of urea groups is 1. The van der Waals surface area contributed by atoms with Crippen molar-refractivity contribution in [3.63, 3.8) is 0 Å². The van der Waals surface area contributed by atoms with Crippen molar-refractivity contribution < 1.29 is 4.79 Å². The van der Waals surface area contributed by atoms with Gasteiger partial charge in [-0.2, -0.15) is 0 Å². The van der Waals surface area contributed by atoms with Gasteiger partial charge in [-0.3, -0.25) is 0 Å². The van der Waals surface area contributed by atoms with Crippen LogP contribution in [0.15, 0.2) is 66.7 Å². The second-order valence-electron chi connectivity index (χ2n) is 7.01. The van der Waals surface area contributed by atoms with Crippen molar-refractivity contribution in [1.29, 1.82) is 0 Å². The Balaban J connectivity index is 1.70. The Morgan fingerprint density at radius 2 is 1.76 bits per heavy atom. The van der Waals surface area contributed by atoms with Crippen LogP contribution in [0.4, 0.5) is 16.2 Å². The van der Waals surface area contributed by atoms with Crippen molar-refractivity contribution >= 4 is 39.9 Å². The first-order valence-electron chi connectivity index (χ1n) is 9.59. The second-order valence-corrected chi connectivity index (χ2v) is 7.45. The number of aromatic nitrogens is 1. The minimum absolute atomic E-state index is 0.313. The maximum absolute atomic E-state index is 12.8. The molecular weight excluding hydrogens is 382 g/mol. The largest absolute Gasteiger partial charge is 0.353 e. The third-order valence-electron chi connectivity index (χ3n) is 5.04. The summed E-state index contributed by atoms with van der Waals surface area (Å²) in [6, 6.07) is 21.4. The number of nitrogens with one attached hydrogen (secondary N) is 3. The number of halogens is 1. The summed E-state index contributed by atoms with van der Waals surface area (Å²) in [6.45, 7) is 4.06. The molecule has 0 aliphatic rings. The van der Waals surface area contributed by atoms with Gasteiger partial charge in [-0.25, -0.2) is 4.79 Å². The van der Waals surface area contributed by atoms with Crippen LogP contribution < -0.4 is 10.6 Å². The standard InChI is InChI=1S/C24H22ClN3O/c1-3-16-9-11-17(12-10-16)22-23(19-6-4-5-7-20(19)26-22)28-24(29)27-21-14-18(25)13-8-15(21)2/h4-14,26H,3H2,1-2H3,(H2,27,28,29). The molecule has 0 saturated carbocycles. The van der Waals surface area contributed by atoms with Crippen LogP contribution in [-0.2, 0) is 6.42 Å². The molecule has 0 atom stereocenters. The fourth-order valence-electron chi connectivity index (χ4n) is 3.39. The summed E-state index contributed by atoms with van der Waals surface area (Å²) in [5, 5.41) is 7.47. The van der Waals surface area contributed by atoms with Gasteiger partial charge in [0.2, 0.25) is 0 Å². The molecule has 146 valence electrons. The lowest BCUT2D eigenvalue weighted by molar-refractivity contribution is 0.262. The maximum Gasteiger partial charge on any atom is 0.323 e. The van der Waals surface area contributed by atoms with Gasteiger partial charge >= 0.3 is 6.03 Å². The molecule has 3 N–H and O–H groups in total. The molecule has 0 radical (unpaired) electrons. The van der Waals surface area contributed by atoms with Crippen molar-refractivity contribution in [1.82, 2.24) is 4.98 Å². The van der Waals surface area contributed by atoms with Crippen molar-refractivity contribution in [2.45, 2.75) is 20.3 Å². The van der Waals surface area contributed by atoms with E-state index in [1.807, 2.05) is 37.3 Å². The number of H-pyrrole nitrogens is 1. The highest BCUT2D eigenvalue weighted by Gasteiger charge is 2.16. The van der Waals surface area contributed by atoms with Crippen molar-refractivity contribution in [2.24, 2.45) is 0 Å². The Labute approximate surface area is 174 Å². The van der Waals surface area contributed by atoms with Crippen molar-refractivity contribution in [2.75, 3.05) is 10.6 Å². The van der Waals surface area contributed by atoms with E-state index < -0.39 is 0 Å². The van der Waals surface area contributed by atoms with E-state index in [9.17, 15) is 4.79 Å². The predicted molar refractivity (Wildman–Crippen MR) is 122 cm³/mol. The first kappa shape index (κ1) is 19.1. The van der Waals surface area contributed by atoms with E-state index in [1.54, 1.807) is 12.1 Å². The van der Waals surface area contributed by atoms with Gasteiger partial charge in [0.05, 0.1) is 11.4 Å². The van der Waals surface area contributed by atoms with Crippen LogP contribution in [0.5, 0.6) is 0 Å². The van der Waals surface area contributed by atoms with Crippen LogP contribution in [0, 0.1) is 6.92 Å². The molecule has 0 spiro atoms. The minimum Gasteiger partial charge on any atom is -0.353 e. The van der Waals surface area contributed by atoms with E-state index in [4.69, 9.17) is 11.6 Å². The Bertz CT molecular complexity index is 1180. The van der Waals surface area contributed by atoms with Gasteiger partial charge in [-0.15, -0.1) is 0 Å². The van der Waals surface area contributed by atoms with Gasteiger partial charge in [0, 0.05) is 27.2 Å². The third kappa shape index (κ3) is 3.98. The highest BCUT2D eigenvalue weighted by Crippen LogP contribution is 2.35. The SMILES string of the molecule is CCc1ccc(-c2[nH]c3ccccc3c2NC(=O)Nc2cc(Cl)ccc2C)cc1. The number of amides is 2. The molecule has 3 aromatic carbocycles. The lowest BCUT2D eigenvalue weighted by Crippen LogP contribution is -2.20. The van der Waals surface area contributed by atoms with Gasteiger partial charge < -0.3 is 15.6 Å². The van der Waals surface area contributed by atoms with Crippen LogP contribution in [0.1, 0.15) is 18.1 Å². The normalized spacial score (nSPS) is 10.9. The van der Waals surface area contributed by atoms with Crippen LogP contribution in [-0.4, -0.2) is 11.0 Å². The molecule has 2 amide bonds. The summed E-state index contributed by atoms with van der Waals surface area (Å²) in [7, 11) is 0. The Kier molecular flexibility index (Phi) is 5.28. The first-order valence-corrected chi connectivity index (χ1v) is 9.97. The Morgan fingerprint density at radius 3 is 2.52 bits per heavy atom. The number of benzene rings is 3. The third-order valence-corrected chi connectivity index (χ3v) is 5.28. The minimum atomic E-state index is -0.313. The number of aromatic amines is 1. The number of carbonyl (C=O) groups excluding carboxylic acids is 1. The highest BCUT2D eigenvalue weighted by molar-refractivity contribution is 6.31. The fourth-order valence-corrected chi connectivity index (χ4v) is 3.56. The fraction of sp³-hybridized carbons (Fsp3) is 0.125. The summed E-state index contributed by atoms with van der Waals surface area (Å²) in [5.41, 5.74) is 6.52. The van der Waals surface area contributed by atoms with E-state index in [1.165, 1.54) is 5.56 Å².